The highest BCUT2D eigenvalue weighted by molar-refractivity contribution is 5.90. The standard InChI is InChI=1S/C19H23NO5/c1-12(2)24-17-9-8-13(10-18(17)22-3)19(21)23-11-15-14-6-4-5-7-16(14)25-20-15/h8-10,12H,4-7,11H2,1-3H3. The van der Waals surface area contributed by atoms with E-state index in [1.165, 1.54) is 0 Å². The molecule has 0 N–H and O–H groups in total. The molecule has 1 aliphatic carbocycles. The van der Waals surface area contributed by atoms with E-state index in [1.54, 1.807) is 25.3 Å². The Labute approximate surface area is 147 Å². The highest BCUT2D eigenvalue weighted by Crippen LogP contribution is 2.29. The molecular formula is C19H23NO5. The van der Waals surface area contributed by atoms with E-state index in [4.69, 9.17) is 18.7 Å². The second-order valence-corrected chi connectivity index (χ2v) is 6.35. The Morgan fingerprint density at radius 3 is 2.80 bits per heavy atom. The molecule has 0 radical (unpaired) electrons. The molecule has 3 rings (SSSR count). The molecule has 0 atom stereocenters. The summed E-state index contributed by atoms with van der Waals surface area (Å²) in [5, 5.41) is 4.05. The summed E-state index contributed by atoms with van der Waals surface area (Å²) in [6.07, 6.45) is 4.09. The number of aryl methyl sites for hydroxylation is 1. The van der Waals surface area contributed by atoms with Gasteiger partial charge in [-0.05, 0) is 51.3 Å². The number of methoxy groups -OCH3 is 1. The van der Waals surface area contributed by atoms with Crippen LogP contribution in [0.3, 0.4) is 0 Å². The zero-order chi connectivity index (χ0) is 17.8. The summed E-state index contributed by atoms with van der Waals surface area (Å²) in [7, 11) is 1.54. The molecule has 0 saturated carbocycles. The number of nitrogens with zero attached hydrogens (tertiary/aromatic N) is 1. The first-order valence-corrected chi connectivity index (χ1v) is 8.56. The number of carbonyl (C=O) groups is 1. The van der Waals surface area contributed by atoms with Gasteiger partial charge in [0.15, 0.2) is 11.5 Å². The van der Waals surface area contributed by atoms with Crippen LogP contribution in [-0.4, -0.2) is 24.3 Å². The van der Waals surface area contributed by atoms with Crippen molar-refractivity contribution in [3.63, 3.8) is 0 Å². The Morgan fingerprint density at radius 1 is 1.24 bits per heavy atom. The van der Waals surface area contributed by atoms with Crippen LogP contribution in [0.25, 0.3) is 0 Å². The highest BCUT2D eigenvalue weighted by atomic mass is 16.5. The van der Waals surface area contributed by atoms with Crippen molar-refractivity contribution in [3.05, 3.63) is 40.8 Å². The van der Waals surface area contributed by atoms with E-state index in [9.17, 15) is 4.79 Å². The fourth-order valence-electron chi connectivity index (χ4n) is 2.93. The molecule has 1 aromatic heterocycles. The van der Waals surface area contributed by atoms with Crippen LogP contribution < -0.4 is 9.47 Å². The van der Waals surface area contributed by atoms with E-state index in [-0.39, 0.29) is 12.7 Å². The van der Waals surface area contributed by atoms with E-state index in [0.717, 1.165) is 42.7 Å². The largest absolute Gasteiger partial charge is 0.493 e. The SMILES string of the molecule is COc1cc(C(=O)OCc2noc3c2CCCC3)ccc1OC(C)C. The van der Waals surface area contributed by atoms with Gasteiger partial charge in [-0.3, -0.25) is 0 Å². The zero-order valence-corrected chi connectivity index (χ0v) is 14.8. The number of aromatic nitrogens is 1. The number of hydrogen-bond acceptors (Lipinski definition) is 6. The van der Waals surface area contributed by atoms with E-state index in [2.05, 4.69) is 5.16 Å². The van der Waals surface area contributed by atoms with Crippen molar-refractivity contribution in [1.82, 2.24) is 5.16 Å². The minimum absolute atomic E-state index is 0.0186. The van der Waals surface area contributed by atoms with Gasteiger partial charge < -0.3 is 18.7 Å². The number of ether oxygens (including phenoxy) is 3. The van der Waals surface area contributed by atoms with Gasteiger partial charge in [0.25, 0.3) is 0 Å². The first kappa shape index (κ1) is 17.3. The molecule has 0 unspecified atom stereocenters. The Morgan fingerprint density at radius 2 is 2.04 bits per heavy atom. The van der Waals surface area contributed by atoms with Crippen LogP contribution in [-0.2, 0) is 24.2 Å². The van der Waals surface area contributed by atoms with Crippen molar-refractivity contribution >= 4 is 5.97 Å². The summed E-state index contributed by atoms with van der Waals surface area (Å²) >= 11 is 0. The van der Waals surface area contributed by atoms with Crippen molar-refractivity contribution in [2.75, 3.05) is 7.11 Å². The summed E-state index contributed by atoms with van der Waals surface area (Å²) < 4.78 is 21.7. The van der Waals surface area contributed by atoms with Crippen LogP contribution in [0.4, 0.5) is 0 Å². The molecule has 0 bridgehead atoms. The van der Waals surface area contributed by atoms with Crippen LogP contribution in [0.1, 0.15) is 54.1 Å². The molecular weight excluding hydrogens is 322 g/mol. The predicted molar refractivity (Wildman–Crippen MR) is 91.0 cm³/mol. The molecule has 2 aromatic rings. The fourth-order valence-corrected chi connectivity index (χ4v) is 2.93. The third-order valence-corrected chi connectivity index (χ3v) is 4.13. The molecule has 0 saturated heterocycles. The number of rotatable bonds is 6. The van der Waals surface area contributed by atoms with Gasteiger partial charge in [0.1, 0.15) is 18.1 Å². The number of fused-ring (bicyclic) bond motifs is 1. The van der Waals surface area contributed by atoms with Crippen molar-refractivity contribution in [1.29, 1.82) is 0 Å². The maximum absolute atomic E-state index is 12.3. The Balaban J connectivity index is 1.68. The Bertz CT molecular complexity index is 750. The molecule has 1 heterocycles. The normalized spacial score (nSPS) is 13.4. The average molecular weight is 345 g/mol. The Kier molecular flexibility index (Phi) is 5.26. The van der Waals surface area contributed by atoms with Gasteiger partial charge in [-0.25, -0.2) is 4.79 Å². The third-order valence-electron chi connectivity index (χ3n) is 4.13. The molecule has 6 heteroatoms. The second kappa shape index (κ2) is 7.59. The Hall–Kier alpha value is -2.50. The fraction of sp³-hybridized carbons (Fsp3) is 0.474. The average Bonchev–Trinajstić information content (AvgIpc) is 3.02. The van der Waals surface area contributed by atoms with E-state index in [1.807, 2.05) is 13.8 Å². The molecule has 6 nitrogen and oxygen atoms in total. The summed E-state index contributed by atoms with van der Waals surface area (Å²) in [5.74, 6) is 1.60. The maximum atomic E-state index is 12.3. The number of hydrogen-bond donors (Lipinski definition) is 0. The molecule has 25 heavy (non-hydrogen) atoms. The number of esters is 1. The number of benzene rings is 1. The van der Waals surface area contributed by atoms with Gasteiger partial charge in [-0.15, -0.1) is 0 Å². The summed E-state index contributed by atoms with van der Waals surface area (Å²) in [6, 6.07) is 5.01. The van der Waals surface area contributed by atoms with E-state index < -0.39 is 5.97 Å². The predicted octanol–water partition coefficient (Wildman–Crippen LogP) is 3.71. The lowest BCUT2D eigenvalue weighted by Gasteiger charge is -2.14. The van der Waals surface area contributed by atoms with Crippen molar-refractivity contribution in [2.45, 2.75) is 52.2 Å². The smallest absolute Gasteiger partial charge is 0.338 e. The van der Waals surface area contributed by atoms with Crippen LogP contribution in [0.5, 0.6) is 11.5 Å². The lowest BCUT2D eigenvalue weighted by molar-refractivity contribution is 0.0463. The van der Waals surface area contributed by atoms with Crippen molar-refractivity contribution < 1.29 is 23.5 Å². The molecule has 134 valence electrons. The first-order chi connectivity index (χ1) is 12.1. The highest BCUT2D eigenvalue weighted by Gasteiger charge is 2.21. The van der Waals surface area contributed by atoms with E-state index in [0.29, 0.717) is 17.1 Å². The molecule has 0 fully saturated rings. The van der Waals surface area contributed by atoms with E-state index >= 15 is 0 Å². The minimum atomic E-state index is -0.429. The van der Waals surface area contributed by atoms with Gasteiger partial charge in [0, 0.05) is 12.0 Å². The van der Waals surface area contributed by atoms with Crippen LogP contribution in [0.2, 0.25) is 0 Å². The lowest BCUT2D eigenvalue weighted by Crippen LogP contribution is -2.10. The molecule has 0 aliphatic heterocycles. The molecule has 1 aliphatic rings. The lowest BCUT2D eigenvalue weighted by atomic mass is 9.97. The van der Waals surface area contributed by atoms with Crippen LogP contribution in [0, 0.1) is 0 Å². The topological polar surface area (TPSA) is 70.8 Å². The quantitative estimate of drug-likeness (QED) is 0.743. The minimum Gasteiger partial charge on any atom is -0.493 e. The summed E-state index contributed by atoms with van der Waals surface area (Å²) in [5.41, 5.74) is 2.22. The van der Waals surface area contributed by atoms with Gasteiger partial charge in [0.05, 0.1) is 18.8 Å². The van der Waals surface area contributed by atoms with Crippen molar-refractivity contribution in [3.8, 4) is 11.5 Å². The monoisotopic (exact) mass is 345 g/mol. The van der Waals surface area contributed by atoms with Gasteiger partial charge in [-0.1, -0.05) is 5.16 Å². The zero-order valence-electron chi connectivity index (χ0n) is 14.8. The molecule has 0 amide bonds. The summed E-state index contributed by atoms with van der Waals surface area (Å²) in [4.78, 5) is 12.3. The van der Waals surface area contributed by atoms with Crippen LogP contribution in [0.15, 0.2) is 22.7 Å². The van der Waals surface area contributed by atoms with Gasteiger partial charge in [0.2, 0.25) is 0 Å². The molecule has 0 spiro atoms. The second-order valence-electron chi connectivity index (χ2n) is 6.35. The molecule has 1 aromatic carbocycles. The van der Waals surface area contributed by atoms with Gasteiger partial charge in [-0.2, -0.15) is 0 Å². The van der Waals surface area contributed by atoms with Gasteiger partial charge >= 0.3 is 5.97 Å². The van der Waals surface area contributed by atoms with Crippen molar-refractivity contribution in [2.24, 2.45) is 0 Å². The van der Waals surface area contributed by atoms with Crippen LogP contribution >= 0.6 is 0 Å². The summed E-state index contributed by atoms with van der Waals surface area (Å²) in [6.45, 7) is 3.98. The third kappa shape index (κ3) is 3.95. The maximum Gasteiger partial charge on any atom is 0.338 e. The first-order valence-electron chi connectivity index (χ1n) is 8.56. The number of carbonyl (C=O) groups excluding carboxylic acids is 1.